The molecule has 0 aliphatic carbocycles. The second-order valence-electron chi connectivity index (χ2n) is 5.61. The van der Waals surface area contributed by atoms with Gasteiger partial charge in [0.05, 0.1) is 5.52 Å². The number of thioether (sulfide) groups is 1. The molecule has 2 aromatic rings. The lowest BCUT2D eigenvalue weighted by Gasteiger charge is -2.26. The number of pyridine rings is 1. The Kier molecular flexibility index (Phi) is 5.12. The Morgan fingerprint density at radius 3 is 2.90 bits per heavy atom. The number of aryl methyl sites for hydroxylation is 1. The lowest BCUT2D eigenvalue weighted by molar-refractivity contribution is 0.301. The SMILES string of the molecule is Cc1ccc2cc(CNCCN3CCSCC3)ccc2n1. The summed E-state index contributed by atoms with van der Waals surface area (Å²) < 4.78 is 0. The molecule has 21 heavy (non-hydrogen) atoms. The Morgan fingerprint density at radius 1 is 1.19 bits per heavy atom. The summed E-state index contributed by atoms with van der Waals surface area (Å²) in [5, 5.41) is 4.79. The largest absolute Gasteiger partial charge is 0.311 e. The van der Waals surface area contributed by atoms with Gasteiger partial charge in [-0.2, -0.15) is 11.8 Å². The molecule has 1 saturated heterocycles. The number of nitrogens with zero attached hydrogens (tertiary/aromatic N) is 2. The number of nitrogens with one attached hydrogen (secondary N) is 1. The molecule has 1 aliphatic rings. The Labute approximate surface area is 131 Å². The second-order valence-corrected chi connectivity index (χ2v) is 6.84. The summed E-state index contributed by atoms with van der Waals surface area (Å²) >= 11 is 2.07. The van der Waals surface area contributed by atoms with E-state index < -0.39 is 0 Å². The smallest absolute Gasteiger partial charge is 0.0705 e. The molecule has 1 aromatic heterocycles. The van der Waals surface area contributed by atoms with Gasteiger partial charge >= 0.3 is 0 Å². The first-order valence-corrected chi connectivity index (χ1v) is 8.84. The number of rotatable bonds is 5. The molecule has 4 heteroatoms. The van der Waals surface area contributed by atoms with Crippen LogP contribution in [0.1, 0.15) is 11.3 Å². The molecular weight excluding hydrogens is 278 g/mol. The molecule has 3 rings (SSSR count). The van der Waals surface area contributed by atoms with Crippen molar-refractivity contribution in [2.24, 2.45) is 0 Å². The zero-order valence-electron chi connectivity index (χ0n) is 12.6. The minimum Gasteiger partial charge on any atom is -0.311 e. The van der Waals surface area contributed by atoms with Crippen molar-refractivity contribution < 1.29 is 0 Å². The average molecular weight is 301 g/mol. The molecule has 0 saturated carbocycles. The van der Waals surface area contributed by atoms with Crippen LogP contribution >= 0.6 is 11.8 Å². The van der Waals surface area contributed by atoms with Crippen molar-refractivity contribution in [2.45, 2.75) is 13.5 Å². The number of hydrogen-bond acceptors (Lipinski definition) is 4. The first kappa shape index (κ1) is 14.8. The van der Waals surface area contributed by atoms with Crippen molar-refractivity contribution >= 4 is 22.7 Å². The number of fused-ring (bicyclic) bond motifs is 1. The predicted octanol–water partition coefficient (Wildman–Crippen LogP) is 2.68. The third-order valence-corrected chi connectivity index (χ3v) is 4.87. The summed E-state index contributed by atoms with van der Waals surface area (Å²) in [6, 6.07) is 10.8. The molecule has 1 N–H and O–H groups in total. The van der Waals surface area contributed by atoms with Crippen LogP contribution in [0.25, 0.3) is 10.9 Å². The Balaban J connectivity index is 1.49. The van der Waals surface area contributed by atoms with Gasteiger partial charge in [-0.3, -0.25) is 4.98 Å². The van der Waals surface area contributed by atoms with E-state index in [1.165, 1.54) is 35.5 Å². The highest BCUT2D eigenvalue weighted by Crippen LogP contribution is 2.14. The molecule has 0 atom stereocenters. The third-order valence-electron chi connectivity index (χ3n) is 3.93. The molecule has 0 bridgehead atoms. The van der Waals surface area contributed by atoms with Gasteiger partial charge in [0.25, 0.3) is 0 Å². The third kappa shape index (κ3) is 4.19. The first-order chi connectivity index (χ1) is 10.3. The molecule has 0 spiro atoms. The topological polar surface area (TPSA) is 28.2 Å². The summed E-state index contributed by atoms with van der Waals surface area (Å²) in [4.78, 5) is 7.10. The summed E-state index contributed by atoms with van der Waals surface area (Å²) in [6.45, 7) is 7.69. The van der Waals surface area contributed by atoms with E-state index in [1.807, 2.05) is 6.92 Å². The van der Waals surface area contributed by atoms with Crippen molar-refractivity contribution in [1.29, 1.82) is 0 Å². The lowest BCUT2D eigenvalue weighted by Crippen LogP contribution is -2.37. The van der Waals surface area contributed by atoms with Crippen LogP contribution in [0.4, 0.5) is 0 Å². The van der Waals surface area contributed by atoms with E-state index in [9.17, 15) is 0 Å². The van der Waals surface area contributed by atoms with E-state index in [4.69, 9.17) is 0 Å². The fraction of sp³-hybridized carbons (Fsp3) is 0.471. The second kappa shape index (κ2) is 7.25. The number of hydrogen-bond donors (Lipinski definition) is 1. The summed E-state index contributed by atoms with van der Waals surface area (Å²) in [7, 11) is 0. The molecule has 0 radical (unpaired) electrons. The Hall–Kier alpha value is -1.10. The molecule has 3 nitrogen and oxygen atoms in total. The highest BCUT2D eigenvalue weighted by molar-refractivity contribution is 7.99. The van der Waals surface area contributed by atoms with Crippen LogP contribution < -0.4 is 5.32 Å². The zero-order valence-corrected chi connectivity index (χ0v) is 13.5. The van der Waals surface area contributed by atoms with Crippen LogP contribution in [-0.2, 0) is 6.54 Å². The molecule has 2 heterocycles. The molecule has 1 aromatic carbocycles. The van der Waals surface area contributed by atoms with Gasteiger partial charge < -0.3 is 10.2 Å². The van der Waals surface area contributed by atoms with Crippen LogP contribution in [0.15, 0.2) is 30.3 Å². The van der Waals surface area contributed by atoms with E-state index in [2.05, 4.69) is 57.3 Å². The Morgan fingerprint density at radius 2 is 2.05 bits per heavy atom. The van der Waals surface area contributed by atoms with Crippen LogP contribution in [0, 0.1) is 6.92 Å². The first-order valence-electron chi connectivity index (χ1n) is 7.68. The van der Waals surface area contributed by atoms with Crippen LogP contribution in [0.5, 0.6) is 0 Å². The van der Waals surface area contributed by atoms with Gasteiger partial charge in [-0.1, -0.05) is 12.1 Å². The highest BCUT2D eigenvalue weighted by Gasteiger charge is 2.08. The van der Waals surface area contributed by atoms with Gasteiger partial charge in [-0.25, -0.2) is 0 Å². The van der Waals surface area contributed by atoms with Gasteiger partial charge in [-0.15, -0.1) is 0 Å². The van der Waals surface area contributed by atoms with Crippen molar-refractivity contribution in [1.82, 2.24) is 15.2 Å². The fourth-order valence-corrected chi connectivity index (χ4v) is 3.66. The molecule has 1 fully saturated rings. The molecule has 112 valence electrons. The molecular formula is C17H23N3S. The standard InChI is InChI=1S/C17H23N3S/c1-14-2-4-16-12-15(3-5-17(16)19-14)13-18-6-7-20-8-10-21-11-9-20/h2-5,12,18H,6-11,13H2,1H3. The zero-order chi connectivity index (χ0) is 14.5. The van der Waals surface area contributed by atoms with Gasteiger partial charge in [-0.05, 0) is 30.7 Å². The van der Waals surface area contributed by atoms with Crippen LogP contribution in [-0.4, -0.2) is 47.6 Å². The van der Waals surface area contributed by atoms with Gasteiger partial charge in [0, 0.05) is 55.3 Å². The maximum absolute atomic E-state index is 4.55. The lowest BCUT2D eigenvalue weighted by atomic mass is 10.1. The van der Waals surface area contributed by atoms with E-state index in [0.29, 0.717) is 0 Å². The highest BCUT2D eigenvalue weighted by atomic mass is 32.2. The quantitative estimate of drug-likeness (QED) is 0.860. The van der Waals surface area contributed by atoms with E-state index in [1.54, 1.807) is 0 Å². The van der Waals surface area contributed by atoms with Gasteiger partial charge in [0.2, 0.25) is 0 Å². The van der Waals surface area contributed by atoms with Crippen LogP contribution in [0.3, 0.4) is 0 Å². The van der Waals surface area contributed by atoms with Gasteiger partial charge in [0.1, 0.15) is 0 Å². The maximum atomic E-state index is 4.55. The normalized spacial score (nSPS) is 16.4. The minimum atomic E-state index is 0.937. The van der Waals surface area contributed by atoms with E-state index in [-0.39, 0.29) is 0 Å². The maximum Gasteiger partial charge on any atom is 0.0705 e. The van der Waals surface area contributed by atoms with Crippen LogP contribution in [0.2, 0.25) is 0 Å². The van der Waals surface area contributed by atoms with E-state index >= 15 is 0 Å². The van der Waals surface area contributed by atoms with Gasteiger partial charge in [0.15, 0.2) is 0 Å². The molecule has 1 aliphatic heterocycles. The fourth-order valence-electron chi connectivity index (χ4n) is 2.68. The number of benzene rings is 1. The average Bonchev–Trinajstić information content (AvgIpc) is 2.52. The van der Waals surface area contributed by atoms with Crippen molar-refractivity contribution in [2.75, 3.05) is 37.7 Å². The predicted molar refractivity (Wildman–Crippen MR) is 92.0 cm³/mol. The van der Waals surface area contributed by atoms with Crippen molar-refractivity contribution in [3.8, 4) is 0 Å². The summed E-state index contributed by atoms with van der Waals surface area (Å²) in [5.74, 6) is 2.58. The molecule has 0 unspecified atom stereocenters. The van der Waals surface area contributed by atoms with Crippen molar-refractivity contribution in [3.63, 3.8) is 0 Å². The van der Waals surface area contributed by atoms with Crippen molar-refractivity contribution in [3.05, 3.63) is 41.6 Å². The monoisotopic (exact) mass is 301 g/mol. The van der Waals surface area contributed by atoms with E-state index in [0.717, 1.165) is 30.8 Å². The number of aromatic nitrogens is 1. The summed E-state index contributed by atoms with van der Waals surface area (Å²) in [6.07, 6.45) is 0. The summed E-state index contributed by atoms with van der Waals surface area (Å²) in [5.41, 5.74) is 3.50. The molecule has 0 amide bonds. The minimum absolute atomic E-state index is 0.937. The Bertz CT molecular complexity index is 594.